The Kier molecular flexibility index (Phi) is 3.76. The Morgan fingerprint density at radius 2 is 1.96 bits per heavy atom. The van der Waals surface area contributed by atoms with E-state index in [4.69, 9.17) is 4.74 Å². The molecule has 4 saturated carbocycles. The molecule has 2 atom stereocenters. The van der Waals surface area contributed by atoms with E-state index in [-0.39, 0.29) is 48.8 Å². The highest BCUT2D eigenvalue weighted by molar-refractivity contribution is 5.77. The molecule has 0 aliphatic heterocycles. The summed E-state index contributed by atoms with van der Waals surface area (Å²) in [5, 5.41) is 6.49. The van der Waals surface area contributed by atoms with Gasteiger partial charge in [-0.1, -0.05) is 0 Å². The summed E-state index contributed by atoms with van der Waals surface area (Å²) in [6.45, 7) is 1.36. The highest BCUT2D eigenvalue weighted by Gasteiger charge is 2.69. The number of esters is 1. The van der Waals surface area contributed by atoms with Crippen molar-refractivity contribution in [2.24, 2.45) is 22.7 Å². The molecule has 4 bridgehead atoms. The third kappa shape index (κ3) is 2.65. The van der Waals surface area contributed by atoms with Crippen LogP contribution in [0.1, 0.15) is 49.9 Å². The second-order valence-electron chi connectivity index (χ2n) is 8.46. The van der Waals surface area contributed by atoms with Gasteiger partial charge in [-0.2, -0.15) is 18.3 Å². The Bertz CT molecular complexity index is 788. The van der Waals surface area contributed by atoms with Crippen molar-refractivity contribution in [3.63, 3.8) is 0 Å². The van der Waals surface area contributed by atoms with Gasteiger partial charge in [0.2, 0.25) is 5.43 Å². The highest BCUT2D eigenvalue weighted by atomic mass is 19.4. The smallest absolute Gasteiger partial charge is 0.394 e. The summed E-state index contributed by atoms with van der Waals surface area (Å²) in [5.41, 5.74) is -2.55. The van der Waals surface area contributed by atoms with Crippen molar-refractivity contribution in [1.82, 2.24) is 10.2 Å². The number of H-pyrrole nitrogens is 1. The molecule has 1 heterocycles. The highest BCUT2D eigenvalue weighted by Crippen LogP contribution is 2.69. The van der Waals surface area contributed by atoms with E-state index in [1.165, 1.54) is 6.07 Å². The van der Waals surface area contributed by atoms with Gasteiger partial charge in [-0.15, -0.1) is 0 Å². The average Bonchev–Trinajstić information content (AvgIpc) is 2.51. The lowest BCUT2D eigenvalue weighted by molar-refractivity contribution is -0.286. The van der Waals surface area contributed by atoms with Crippen molar-refractivity contribution in [2.45, 2.75) is 58.2 Å². The van der Waals surface area contributed by atoms with Crippen LogP contribution in [0.25, 0.3) is 0 Å². The molecule has 142 valence electrons. The van der Waals surface area contributed by atoms with Gasteiger partial charge in [0.05, 0.1) is 10.8 Å². The molecule has 26 heavy (non-hydrogen) atoms. The van der Waals surface area contributed by atoms with Gasteiger partial charge in [0.15, 0.2) is 0 Å². The Morgan fingerprint density at radius 1 is 1.31 bits per heavy atom. The van der Waals surface area contributed by atoms with Crippen molar-refractivity contribution in [3.8, 4) is 0 Å². The first kappa shape index (κ1) is 17.5. The van der Waals surface area contributed by atoms with Gasteiger partial charge in [-0.3, -0.25) is 14.7 Å². The molecule has 4 aliphatic rings. The van der Waals surface area contributed by atoms with Crippen LogP contribution in [-0.4, -0.2) is 22.3 Å². The van der Waals surface area contributed by atoms with Crippen molar-refractivity contribution < 1.29 is 22.7 Å². The molecule has 4 aliphatic carbocycles. The lowest BCUT2D eigenvalue weighted by Crippen LogP contribution is -2.59. The molecule has 5 nitrogen and oxygen atoms in total. The summed E-state index contributed by atoms with van der Waals surface area (Å²) in [5.74, 6) is -0.764. The Morgan fingerprint density at radius 3 is 2.54 bits per heavy atom. The third-order valence-corrected chi connectivity index (χ3v) is 6.43. The topological polar surface area (TPSA) is 72.1 Å². The number of hydrogen-bond donors (Lipinski definition) is 1. The van der Waals surface area contributed by atoms with E-state index in [2.05, 4.69) is 10.2 Å². The monoisotopic (exact) mass is 370 g/mol. The zero-order valence-corrected chi connectivity index (χ0v) is 14.5. The minimum atomic E-state index is -4.30. The second-order valence-corrected chi connectivity index (χ2v) is 8.46. The van der Waals surface area contributed by atoms with Gasteiger partial charge in [0.25, 0.3) is 0 Å². The number of nitrogens with one attached hydrogen (secondary N) is 1. The van der Waals surface area contributed by atoms with Gasteiger partial charge in [0.1, 0.15) is 12.3 Å². The van der Waals surface area contributed by atoms with Crippen LogP contribution in [0, 0.1) is 29.6 Å². The van der Waals surface area contributed by atoms with Crippen LogP contribution in [-0.2, 0) is 16.1 Å². The van der Waals surface area contributed by atoms with Crippen LogP contribution >= 0.6 is 0 Å². The van der Waals surface area contributed by atoms with Gasteiger partial charge in [-0.05, 0) is 57.3 Å². The number of alkyl halides is 3. The van der Waals surface area contributed by atoms with Crippen LogP contribution in [0.3, 0.4) is 0 Å². The van der Waals surface area contributed by atoms with Gasteiger partial charge in [0, 0.05) is 11.8 Å². The van der Waals surface area contributed by atoms with Crippen LogP contribution in [0.4, 0.5) is 13.2 Å². The zero-order valence-electron chi connectivity index (χ0n) is 14.5. The number of rotatable bonds is 3. The Hall–Kier alpha value is -1.86. The maximum atomic E-state index is 13.8. The minimum absolute atomic E-state index is 0.0548. The normalized spacial score (nSPS) is 35.5. The van der Waals surface area contributed by atoms with Crippen LogP contribution in [0.2, 0.25) is 0 Å². The largest absolute Gasteiger partial charge is 0.459 e. The summed E-state index contributed by atoms with van der Waals surface area (Å²) in [6.07, 6.45) is -2.55. The summed E-state index contributed by atoms with van der Waals surface area (Å²) in [7, 11) is 0. The number of carbonyl (C=O) groups is 1. The quantitative estimate of drug-likeness (QED) is 0.829. The fourth-order valence-corrected chi connectivity index (χ4v) is 5.75. The maximum absolute atomic E-state index is 13.8. The molecule has 0 saturated heterocycles. The fraction of sp³-hybridized carbons (Fsp3) is 0.722. The van der Waals surface area contributed by atoms with E-state index in [1.807, 2.05) is 0 Å². The van der Waals surface area contributed by atoms with E-state index in [9.17, 15) is 22.8 Å². The van der Waals surface area contributed by atoms with Crippen molar-refractivity contribution in [3.05, 3.63) is 27.7 Å². The number of carbonyl (C=O) groups excluding carboxylic acids is 1. The first-order chi connectivity index (χ1) is 12.1. The molecule has 0 aromatic carbocycles. The first-order valence-corrected chi connectivity index (χ1v) is 8.92. The lowest BCUT2D eigenvalue weighted by atomic mass is 9.44. The van der Waals surface area contributed by atoms with E-state index in [0.717, 1.165) is 6.42 Å². The molecule has 4 fully saturated rings. The van der Waals surface area contributed by atoms with Crippen LogP contribution < -0.4 is 5.43 Å². The molecular weight excluding hydrogens is 349 g/mol. The van der Waals surface area contributed by atoms with E-state index in [1.54, 1.807) is 6.92 Å². The lowest BCUT2D eigenvalue weighted by Gasteiger charge is -2.60. The fourth-order valence-electron chi connectivity index (χ4n) is 5.75. The molecule has 1 N–H and O–H groups in total. The minimum Gasteiger partial charge on any atom is -0.459 e. The molecule has 8 heteroatoms. The van der Waals surface area contributed by atoms with Crippen LogP contribution in [0.15, 0.2) is 10.9 Å². The third-order valence-electron chi connectivity index (χ3n) is 6.43. The van der Waals surface area contributed by atoms with Gasteiger partial charge >= 0.3 is 12.1 Å². The summed E-state index contributed by atoms with van der Waals surface area (Å²) in [6, 6.07) is 1.35. The predicted molar refractivity (Wildman–Crippen MR) is 85.0 cm³/mol. The maximum Gasteiger partial charge on any atom is 0.394 e. The molecular formula is C18H21F3N2O3. The number of halogens is 3. The zero-order chi connectivity index (χ0) is 18.7. The van der Waals surface area contributed by atoms with Gasteiger partial charge in [-0.25, -0.2) is 0 Å². The number of aryl methyl sites for hydroxylation is 1. The number of ether oxygens (including phenoxy) is 1. The van der Waals surface area contributed by atoms with E-state index < -0.39 is 23.0 Å². The van der Waals surface area contributed by atoms with Gasteiger partial charge < -0.3 is 4.74 Å². The molecule has 1 aromatic rings. The molecule has 2 unspecified atom stereocenters. The standard InChI is InChI=1S/C18H21F3N2O3/c1-10-2-14(24)13(23-22-10)8-26-15(25)16-4-11-3-12(5-16)7-17(6-11,9-16)18(19,20)21/h2,11-12H,3-9H2,1H3,(H,22,24). The molecule has 5 rings (SSSR count). The Balaban J connectivity index is 1.55. The van der Waals surface area contributed by atoms with Crippen molar-refractivity contribution in [2.75, 3.05) is 0 Å². The molecule has 0 spiro atoms. The summed E-state index contributed by atoms with van der Waals surface area (Å²) >= 11 is 0. The second kappa shape index (κ2) is 5.57. The average molecular weight is 370 g/mol. The number of hydrogen-bond acceptors (Lipinski definition) is 4. The van der Waals surface area contributed by atoms with E-state index in [0.29, 0.717) is 18.5 Å². The molecule has 0 amide bonds. The molecule has 1 aromatic heterocycles. The predicted octanol–water partition coefficient (Wildman–Crippen LogP) is 3.27. The SMILES string of the molecule is Cc1cc(=O)c(COC(=O)C23CC4CC(C2)CC(C(F)(F)F)(C4)C3)n[nH]1. The first-order valence-electron chi connectivity index (χ1n) is 8.92. The van der Waals surface area contributed by atoms with Crippen LogP contribution in [0.5, 0.6) is 0 Å². The number of aromatic nitrogens is 2. The number of aromatic amines is 1. The molecule has 0 radical (unpaired) electrons. The van der Waals surface area contributed by atoms with Crippen molar-refractivity contribution >= 4 is 5.97 Å². The van der Waals surface area contributed by atoms with E-state index >= 15 is 0 Å². The van der Waals surface area contributed by atoms with Crippen molar-refractivity contribution in [1.29, 1.82) is 0 Å². The summed E-state index contributed by atoms with van der Waals surface area (Å²) < 4.78 is 46.6. The Labute approximate surface area is 148 Å². The summed E-state index contributed by atoms with van der Waals surface area (Å²) in [4.78, 5) is 24.6. The number of nitrogens with zero attached hydrogens (tertiary/aromatic N) is 1.